The van der Waals surface area contributed by atoms with E-state index in [1.807, 2.05) is 44.3 Å². The number of rotatable bonds is 6. The first kappa shape index (κ1) is 20.8. The standard InChI is InChI=1S/C24H26N2O5/c1-14(2)22-23(27)26(11-10-15-13-25-19-7-5-4-6-17(15)19)21(24(28)29)18-9-8-16(30-3)12-20(18)31-22/h4-9,12-14,21-22,25H,10-11H2,1-3H3,(H,28,29). The summed E-state index contributed by atoms with van der Waals surface area (Å²) < 4.78 is 11.3. The maximum Gasteiger partial charge on any atom is 0.331 e. The lowest BCUT2D eigenvalue weighted by atomic mass is 10.0. The number of aromatic amines is 1. The van der Waals surface area contributed by atoms with Gasteiger partial charge < -0.3 is 24.5 Å². The van der Waals surface area contributed by atoms with Gasteiger partial charge >= 0.3 is 5.97 Å². The van der Waals surface area contributed by atoms with Gasteiger partial charge in [0.2, 0.25) is 0 Å². The van der Waals surface area contributed by atoms with E-state index in [1.54, 1.807) is 18.2 Å². The molecule has 0 bridgehead atoms. The fourth-order valence-electron chi connectivity index (χ4n) is 4.12. The van der Waals surface area contributed by atoms with Crippen LogP contribution in [0.2, 0.25) is 0 Å². The third-order valence-corrected chi connectivity index (χ3v) is 5.74. The summed E-state index contributed by atoms with van der Waals surface area (Å²) in [6, 6.07) is 11.8. The van der Waals surface area contributed by atoms with Gasteiger partial charge in [0.15, 0.2) is 12.1 Å². The number of H-pyrrole nitrogens is 1. The summed E-state index contributed by atoms with van der Waals surface area (Å²) in [7, 11) is 1.53. The fraction of sp³-hybridized carbons (Fsp3) is 0.333. The van der Waals surface area contributed by atoms with Crippen molar-refractivity contribution in [1.82, 2.24) is 9.88 Å². The lowest BCUT2D eigenvalue weighted by Gasteiger charge is -2.29. The zero-order chi connectivity index (χ0) is 22.1. The number of carboxylic acid groups (broad SMARTS) is 1. The van der Waals surface area contributed by atoms with Crippen LogP contribution in [0.4, 0.5) is 0 Å². The summed E-state index contributed by atoms with van der Waals surface area (Å²) in [5.74, 6) is -0.628. The second-order valence-corrected chi connectivity index (χ2v) is 8.07. The van der Waals surface area contributed by atoms with E-state index in [1.165, 1.54) is 12.0 Å². The molecule has 162 valence electrons. The van der Waals surface area contributed by atoms with E-state index in [0.717, 1.165) is 16.5 Å². The lowest BCUT2D eigenvalue weighted by molar-refractivity contribution is -0.153. The Bertz CT molecular complexity index is 1120. The number of nitrogens with one attached hydrogen (secondary N) is 1. The molecule has 2 N–H and O–H groups in total. The van der Waals surface area contributed by atoms with Crippen LogP contribution in [0.5, 0.6) is 11.5 Å². The molecule has 0 radical (unpaired) electrons. The van der Waals surface area contributed by atoms with Gasteiger partial charge in [-0.1, -0.05) is 32.0 Å². The quantitative estimate of drug-likeness (QED) is 0.631. The molecule has 31 heavy (non-hydrogen) atoms. The number of carboxylic acids is 1. The van der Waals surface area contributed by atoms with Crippen LogP contribution >= 0.6 is 0 Å². The van der Waals surface area contributed by atoms with Gasteiger partial charge in [-0.3, -0.25) is 4.79 Å². The fourth-order valence-corrected chi connectivity index (χ4v) is 4.12. The molecule has 0 spiro atoms. The molecule has 0 saturated carbocycles. The monoisotopic (exact) mass is 422 g/mol. The lowest BCUT2D eigenvalue weighted by Crippen LogP contribution is -2.46. The van der Waals surface area contributed by atoms with Crippen molar-refractivity contribution >= 4 is 22.8 Å². The Morgan fingerprint density at radius 1 is 1.26 bits per heavy atom. The number of carbonyl (C=O) groups is 2. The molecule has 0 saturated heterocycles. The smallest absolute Gasteiger partial charge is 0.331 e. The number of methoxy groups -OCH3 is 1. The second kappa shape index (κ2) is 8.34. The first-order valence-electron chi connectivity index (χ1n) is 10.3. The van der Waals surface area contributed by atoms with Crippen molar-refractivity contribution in [2.45, 2.75) is 32.4 Å². The summed E-state index contributed by atoms with van der Waals surface area (Å²) >= 11 is 0. The number of hydrogen-bond acceptors (Lipinski definition) is 4. The van der Waals surface area contributed by atoms with Gasteiger partial charge in [0.25, 0.3) is 5.91 Å². The van der Waals surface area contributed by atoms with Crippen molar-refractivity contribution in [2.75, 3.05) is 13.7 Å². The molecule has 1 aliphatic heterocycles. The average Bonchev–Trinajstić information content (AvgIpc) is 3.11. The molecule has 2 aromatic carbocycles. The van der Waals surface area contributed by atoms with Gasteiger partial charge in [-0.15, -0.1) is 0 Å². The molecular formula is C24H26N2O5. The predicted octanol–water partition coefficient (Wildman–Crippen LogP) is 3.79. The molecule has 2 atom stereocenters. The van der Waals surface area contributed by atoms with Crippen molar-refractivity contribution in [3.63, 3.8) is 0 Å². The van der Waals surface area contributed by atoms with E-state index in [-0.39, 0.29) is 18.4 Å². The predicted molar refractivity (Wildman–Crippen MR) is 116 cm³/mol. The highest BCUT2D eigenvalue weighted by Gasteiger charge is 2.42. The van der Waals surface area contributed by atoms with E-state index in [0.29, 0.717) is 23.5 Å². The summed E-state index contributed by atoms with van der Waals surface area (Å²) in [6.07, 6.45) is 1.66. The summed E-state index contributed by atoms with van der Waals surface area (Å²) in [5, 5.41) is 11.2. The Kier molecular flexibility index (Phi) is 5.59. The molecule has 0 fully saturated rings. The van der Waals surface area contributed by atoms with Crippen LogP contribution in [0.3, 0.4) is 0 Å². The minimum atomic E-state index is -1.14. The Hall–Kier alpha value is -3.48. The molecule has 3 aromatic rings. The van der Waals surface area contributed by atoms with Crippen molar-refractivity contribution < 1.29 is 24.2 Å². The minimum absolute atomic E-state index is 0.130. The summed E-state index contributed by atoms with van der Waals surface area (Å²) in [6.45, 7) is 4.04. The van der Waals surface area contributed by atoms with Crippen LogP contribution in [-0.2, 0) is 16.0 Å². The van der Waals surface area contributed by atoms with Crippen molar-refractivity contribution in [3.05, 3.63) is 59.8 Å². The van der Waals surface area contributed by atoms with Gasteiger partial charge in [-0.05, 0) is 36.1 Å². The van der Waals surface area contributed by atoms with E-state index in [2.05, 4.69) is 4.98 Å². The third-order valence-electron chi connectivity index (χ3n) is 5.74. The summed E-state index contributed by atoms with van der Waals surface area (Å²) in [4.78, 5) is 30.5. The number of benzene rings is 2. The van der Waals surface area contributed by atoms with Crippen LogP contribution in [0, 0.1) is 5.92 Å². The Labute approximate surface area is 180 Å². The van der Waals surface area contributed by atoms with E-state index in [4.69, 9.17) is 9.47 Å². The number of carbonyl (C=O) groups excluding carboxylic acids is 1. The van der Waals surface area contributed by atoms with Gasteiger partial charge in [-0.25, -0.2) is 4.79 Å². The molecule has 1 aromatic heterocycles. The SMILES string of the molecule is COc1ccc2c(c1)OC(C(C)C)C(=O)N(CCc1c[nH]c3ccccc13)C2C(=O)O. The van der Waals surface area contributed by atoms with Gasteiger partial charge in [0.1, 0.15) is 11.5 Å². The third kappa shape index (κ3) is 3.83. The molecule has 4 rings (SSSR count). The normalized spacial score (nSPS) is 18.6. The number of ether oxygens (including phenoxy) is 2. The average molecular weight is 422 g/mol. The van der Waals surface area contributed by atoms with Gasteiger partial charge in [0.05, 0.1) is 7.11 Å². The Morgan fingerprint density at radius 2 is 2.03 bits per heavy atom. The highest BCUT2D eigenvalue weighted by Crippen LogP contribution is 2.38. The zero-order valence-corrected chi connectivity index (χ0v) is 17.8. The van der Waals surface area contributed by atoms with E-state index >= 15 is 0 Å². The molecule has 2 unspecified atom stereocenters. The van der Waals surface area contributed by atoms with E-state index in [9.17, 15) is 14.7 Å². The van der Waals surface area contributed by atoms with Crippen molar-refractivity contribution in [2.24, 2.45) is 5.92 Å². The summed E-state index contributed by atoms with van der Waals surface area (Å²) in [5.41, 5.74) is 2.49. The number of aromatic nitrogens is 1. The van der Waals surface area contributed by atoms with Crippen molar-refractivity contribution in [1.29, 1.82) is 0 Å². The first-order chi connectivity index (χ1) is 14.9. The van der Waals surface area contributed by atoms with Crippen LogP contribution in [0.25, 0.3) is 10.9 Å². The molecule has 7 nitrogen and oxygen atoms in total. The maximum atomic E-state index is 13.4. The number of para-hydroxylation sites is 1. The topological polar surface area (TPSA) is 91.9 Å². The van der Waals surface area contributed by atoms with Crippen LogP contribution < -0.4 is 9.47 Å². The van der Waals surface area contributed by atoms with Crippen LogP contribution in [0.1, 0.15) is 31.0 Å². The molecule has 2 heterocycles. The van der Waals surface area contributed by atoms with E-state index < -0.39 is 18.1 Å². The molecule has 7 heteroatoms. The molecule has 1 amide bonds. The van der Waals surface area contributed by atoms with Gasteiger partial charge in [0, 0.05) is 35.3 Å². The zero-order valence-electron chi connectivity index (χ0n) is 17.8. The van der Waals surface area contributed by atoms with Crippen LogP contribution in [-0.4, -0.2) is 46.6 Å². The minimum Gasteiger partial charge on any atom is -0.497 e. The number of aliphatic carboxylic acids is 1. The molecule has 0 aliphatic carbocycles. The first-order valence-corrected chi connectivity index (χ1v) is 10.3. The van der Waals surface area contributed by atoms with Crippen molar-refractivity contribution in [3.8, 4) is 11.5 Å². The number of nitrogens with zero attached hydrogens (tertiary/aromatic N) is 1. The van der Waals surface area contributed by atoms with Crippen LogP contribution in [0.15, 0.2) is 48.7 Å². The largest absolute Gasteiger partial charge is 0.497 e. The Morgan fingerprint density at radius 3 is 2.74 bits per heavy atom. The molecule has 1 aliphatic rings. The number of amides is 1. The molecular weight excluding hydrogens is 396 g/mol. The number of hydrogen-bond donors (Lipinski definition) is 2. The second-order valence-electron chi connectivity index (χ2n) is 8.07. The highest BCUT2D eigenvalue weighted by molar-refractivity contribution is 5.89. The number of fused-ring (bicyclic) bond motifs is 2. The Balaban J connectivity index is 1.73. The van der Waals surface area contributed by atoms with Gasteiger partial charge in [-0.2, -0.15) is 0 Å². The maximum absolute atomic E-state index is 13.4. The highest BCUT2D eigenvalue weighted by atomic mass is 16.5.